The molecule has 0 aliphatic carbocycles. The van der Waals surface area contributed by atoms with Crippen LogP contribution in [0, 0.1) is 0 Å². The van der Waals surface area contributed by atoms with E-state index in [0.29, 0.717) is 21.8 Å². The molecule has 4 rings (SSSR count). The first-order chi connectivity index (χ1) is 14.5. The van der Waals surface area contributed by atoms with Crippen molar-refractivity contribution in [3.05, 3.63) is 58.7 Å². The van der Waals surface area contributed by atoms with E-state index in [1.807, 2.05) is 55.5 Å². The molecule has 7 nitrogen and oxygen atoms in total. The number of aromatic nitrogens is 3. The zero-order valence-electron chi connectivity index (χ0n) is 16.9. The van der Waals surface area contributed by atoms with Gasteiger partial charge in [-0.05, 0) is 30.3 Å². The van der Waals surface area contributed by atoms with Crippen molar-refractivity contribution < 1.29 is 0 Å². The van der Waals surface area contributed by atoms with Crippen LogP contribution in [-0.4, -0.2) is 55.2 Å². The molecule has 0 spiro atoms. The van der Waals surface area contributed by atoms with Gasteiger partial charge in [0.25, 0.3) is 0 Å². The van der Waals surface area contributed by atoms with Crippen LogP contribution in [0.15, 0.2) is 48.7 Å². The van der Waals surface area contributed by atoms with Crippen molar-refractivity contribution in [2.24, 2.45) is 0 Å². The minimum absolute atomic E-state index is 0.495. The van der Waals surface area contributed by atoms with Gasteiger partial charge in [-0.3, -0.25) is 0 Å². The summed E-state index contributed by atoms with van der Waals surface area (Å²) in [5.74, 6) is 3.23. The Morgan fingerprint density at radius 3 is 2.33 bits per heavy atom. The molecule has 0 bridgehead atoms. The van der Waals surface area contributed by atoms with Crippen LogP contribution in [0.2, 0.25) is 10.0 Å². The van der Waals surface area contributed by atoms with E-state index in [-0.39, 0.29) is 0 Å². The summed E-state index contributed by atoms with van der Waals surface area (Å²) in [6.45, 7) is 3.36. The maximum absolute atomic E-state index is 6.15. The van der Waals surface area contributed by atoms with E-state index in [9.17, 15) is 0 Å². The van der Waals surface area contributed by atoms with Gasteiger partial charge in [-0.25, -0.2) is 4.98 Å². The van der Waals surface area contributed by atoms with Crippen LogP contribution >= 0.6 is 23.2 Å². The number of nitrogens with zero attached hydrogens (tertiary/aromatic N) is 6. The Balaban J connectivity index is 1.53. The molecule has 0 atom stereocenters. The smallest absolute Gasteiger partial charge is 0.229 e. The highest BCUT2D eigenvalue weighted by atomic mass is 35.5. The first kappa shape index (κ1) is 20.5. The van der Waals surface area contributed by atoms with Gasteiger partial charge in [0, 0.05) is 58.2 Å². The summed E-state index contributed by atoms with van der Waals surface area (Å²) >= 11 is 12.2. The molecule has 0 unspecified atom stereocenters. The zero-order chi connectivity index (χ0) is 21.1. The van der Waals surface area contributed by atoms with Crippen molar-refractivity contribution >= 4 is 52.3 Å². The Labute approximate surface area is 186 Å². The lowest BCUT2D eigenvalue weighted by Crippen LogP contribution is -2.47. The second-order valence-electron chi connectivity index (χ2n) is 7.22. The fraction of sp³-hybridized carbons (Fsp3) is 0.286. The van der Waals surface area contributed by atoms with Crippen molar-refractivity contribution in [3.63, 3.8) is 0 Å². The van der Waals surface area contributed by atoms with Gasteiger partial charge in [0.1, 0.15) is 17.5 Å². The third kappa shape index (κ3) is 4.68. The summed E-state index contributed by atoms with van der Waals surface area (Å²) in [7, 11) is 3.93. The van der Waals surface area contributed by atoms with E-state index >= 15 is 0 Å². The van der Waals surface area contributed by atoms with Gasteiger partial charge in [-0.1, -0.05) is 29.3 Å². The van der Waals surface area contributed by atoms with Crippen LogP contribution in [0.25, 0.3) is 0 Å². The summed E-state index contributed by atoms with van der Waals surface area (Å²) in [6.07, 6.45) is 1.83. The number of pyridine rings is 1. The molecule has 30 heavy (non-hydrogen) atoms. The molecule has 3 heterocycles. The normalized spacial score (nSPS) is 14.0. The second-order valence-corrected chi connectivity index (χ2v) is 8.04. The number of rotatable bonds is 5. The molecule has 1 N–H and O–H groups in total. The first-order valence-electron chi connectivity index (χ1n) is 9.69. The number of hydrogen-bond donors (Lipinski definition) is 1. The molecule has 0 saturated carbocycles. The second kappa shape index (κ2) is 8.93. The molecule has 1 aliphatic rings. The maximum Gasteiger partial charge on any atom is 0.229 e. The Kier molecular flexibility index (Phi) is 6.11. The molecular weight excluding hydrogens is 421 g/mol. The van der Waals surface area contributed by atoms with Crippen LogP contribution in [0.3, 0.4) is 0 Å². The molecule has 0 amide bonds. The number of benzene rings is 1. The largest absolute Gasteiger partial charge is 0.363 e. The molecule has 3 aromatic rings. The lowest BCUT2D eigenvalue weighted by molar-refractivity contribution is 0.635. The molecule has 1 saturated heterocycles. The maximum atomic E-state index is 6.15. The van der Waals surface area contributed by atoms with Gasteiger partial charge in [0.05, 0.1) is 10.0 Å². The Bertz CT molecular complexity index is 1010. The van der Waals surface area contributed by atoms with Gasteiger partial charge in [-0.2, -0.15) is 9.97 Å². The van der Waals surface area contributed by atoms with Gasteiger partial charge < -0.3 is 20.0 Å². The Morgan fingerprint density at radius 2 is 1.67 bits per heavy atom. The molecular formula is C21H23Cl2N7. The fourth-order valence-electron chi connectivity index (χ4n) is 3.25. The standard InChI is InChI=1S/C21H23Cl2N7/c1-28(2)20-14-18(25-15-6-7-16(22)17(23)13-15)26-21(27-20)30-11-9-29(10-12-30)19-5-3-4-8-24-19/h3-8,13-14H,9-12H2,1-2H3,(H,25,26,27). The molecule has 1 aliphatic heterocycles. The average molecular weight is 444 g/mol. The molecule has 1 fully saturated rings. The minimum Gasteiger partial charge on any atom is -0.363 e. The van der Waals surface area contributed by atoms with Gasteiger partial charge in [0.15, 0.2) is 0 Å². The highest BCUT2D eigenvalue weighted by Gasteiger charge is 2.21. The quantitative estimate of drug-likeness (QED) is 0.629. The van der Waals surface area contributed by atoms with E-state index in [0.717, 1.165) is 43.5 Å². The fourth-order valence-corrected chi connectivity index (χ4v) is 3.55. The molecule has 9 heteroatoms. The van der Waals surface area contributed by atoms with Crippen LogP contribution < -0.4 is 20.0 Å². The van der Waals surface area contributed by atoms with Crippen LogP contribution in [-0.2, 0) is 0 Å². The minimum atomic E-state index is 0.495. The van der Waals surface area contributed by atoms with E-state index in [1.165, 1.54) is 0 Å². The molecule has 2 aromatic heterocycles. The van der Waals surface area contributed by atoms with Gasteiger partial charge in [-0.15, -0.1) is 0 Å². The van der Waals surface area contributed by atoms with E-state index < -0.39 is 0 Å². The van der Waals surface area contributed by atoms with E-state index in [4.69, 9.17) is 33.2 Å². The van der Waals surface area contributed by atoms with Gasteiger partial charge >= 0.3 is 0 Å². The number of halogens is 2. The van der Waals surface area contributed by atoms with Crippen molar-refractivity contribution in [2.75, 3.05) is 60.3 Å². The first-order valence-corrected chi connectivity index (χ1v) is 10.4. The van der Waals surface area contributed by atoms with Crippen molar-refractivity contribution in [2.45, 2.75) is 0 Å². The number of piperazine rings is 1. The lowest BCUT2D eigenvalue weighted by Gasteiger charge is -2.35. The highest BCUT2D eigenvalue weighted by Crippen LogP contribution is 2.28. The topological polar surface area (TPSA) is 60.4 Å². The number of hydrogen-bond acceptors (Lipinski definition) is 7. The zero-order valence-corrected chi connectivity index (χ0v) is 18.4. The predicted octanol–water partition coefficient (Wildman–Crippen LogP) is 4.31. The molecule has 0 radical (unpaired) electrons. The Hall–Kier alpha value is -2.77. The summed E-state index contributed by atoms with van der Waals surface area (Å²) in [5, 5.41) is 4.33. The van der Waals surface area contributed by atoms with Crippen molar-refractivity contribution in [1.82, 2.24) is 15.0 Å². The van der Waals surface area contributed by atoms with E-state index in [1.54, 1.807) is 12.1 Å². The third-order valence-electron chi connectivity index (χ3n) is 4.89. The van der Waals surface area contributed by atoms with Crippen molar-refractivity contribution in [3.8, 4) is 0 Å². The SMILES string of the molecule is CN(C)c1cc(Nc2ccc(Cl)c(Cl)c2)nc(N2CCN(c3ccccn3)CC2)n1. The number of nitrogens with one attached hydrogen (secondary N) is 1. The van der Waals surface area contributed by atoms with Crippen LogP contribution in [0.4, 0.5) is 29.1 Å². The van der Waals surface area contributed by atoms with E-state index in [2.05, 4.69) is 20.1 Å². The monoisotopic (exact) mass is 443 g/mol. The predicted molar refractivity (Wildman–Crippen MR) is 125 cm³/mol. The lowest BCUT2D eigenvalue weighted by atomic mass is 10.3. The summed E-state index contributed by atoms with van der Waals surface area (Å²) in [5.41, 5.74) is 0.818. The van der Waals surface area contributed by atoms with Crippen molar-refractivity contribution in [1.29, 1.82) is 0 Å². The third-order valence-corrected chi connectivity index (χ3v) is 5.63. The Morgan fingerprint density at radius 1 is 0.900 bits per heavy atom. The number of anilines is 5. The summed E-state index contributed by atoms with van der Waals surface area (Å²) < 4.78 is 0. The summed E-state index contributed by atoms with van der Waals surface area (Å²) in [6, 6.07) is 13.3. The van der Waals surface area contributed by atoms with Crippen LogP contribution in [0.5, 0.6) is 0 Å². The van der Waals surface area contributed by atoms with Gasteiger partial charge in [0.2, 0.25) is 5.95 Å². The van der Waals surface area contributed by atoms with Crippen LogP contribution in [0.1, 0.15) is 0 Å². The molecule has 1 aromatic carbocycles. The summed E-state index contributed by atoms with van der Waals surface area (Å²) in [4.78, 5) is 20.4. The highest BCUT2D eigenvalue weighted by molar-refractivity contribution is 6.42. The molecule has 156 valence electrons. The average Bonchev–Trinajstić information content (AvgIpc) is 2.77.